The zero-order valence-corrected chi connectivity index (χ0v) is 11.0. The van der Waals surface area contributed by atoms with E-state index < -0.39 is 0 Å². The molecule has 0 radical (unpaired) electrons. The molecule has 0 atom stereocenters. The van der Waals surface area contributed by atoms with Crippen LogP contribution in [0.25, 0.3) is 0 Å². The van der Waals surface area contributed by atoms with Gasteiger partial charge >= 0.3 is 0 Å². The summed E-state index contributed by atoms with van der Waals surface area (Å²) in [5.41, 5.74) is 0. The molecular formula is C12H28N2O3. The lowest BCUT2D eigenvalue weighted by Gasteiger charge is -2.24. The summed E-state index contributed by atoms with van der Waals surface area (Å²) in [6.07, 6.45) is 2.09. The van der Waals surface area contributed by atoms with E-state index in [1.165, 1.54) is 0 Å². The van der Waals surface area contributed by atoms with Crippen molar-refractivity contribution < 1.29 is 15.3 Å². The molecule has 0 amide bonds. The van der Waals surface area contributed by atoms with Gasteiger partial charge in [-0.25, -0.2) is 0 Å². The van der Waals surface area contributed by atoms with Gasteiger partial charge in [0.1, 0.15) is 0 Å². The Balaban J connectivity index is 3.73. The van der Waals surface area contributed by atoms with Crippen molar-refractivity contribution in [3.8, 4) is 0 Å². The van der Waals surface area contributed by atoms with E-state index >= 15 is 0 Å². The van der Waals surface area contributed by atoms with Gasteiger partial charge in [-0.05, 0) is 32.5 Å². The lowest BCUT2D eigenvalue weighted by Crippen LogP contribution is -2.34. The Morgan fingerprint density at radius 2 is 1.06 bits per heavy atom. The second-order valence-electron chi connectivity index (χ2n) is 4.21. The first-order chi connectivity index (χ1) is 8.28. The number of aliphatic hydroxyl groups is 3. The fraction of sp³-hybridized carbons (Fsp3) is 1.00. The molecule has 0 aliphatic heterocycles. The predicted molar refractivity (Wildman–Crippen MR) is 69.0 cm³/mol. The molecule has 0 unspecified atom stereocenters. The van der Waals surface area contributed by atoms with E-state index in [2.05, 4.69) is 16.7 Å². The second-order valence-corrected chi connectivity index (χ2v) is 4.21. The fourth-order valence-electron chi connectivity index (χ4n) is 1.93. The topological polar surface area (TPSA) is 67.2 Å². The SMILES string of the molecule is CCCN(CCO)CCCN(CCO)CCO. The number of rotatable bonds is 12. The van der Waals surface area contributed by atoms with Crippen molar-refractivity contribution in [2.24, 2.45) is 0 Å². The second kappa shape index (κ2) is 12.3. The van der Waals surface area contributed by atoms with Gasteiger partial charge in [-0.3, -0.25) is 4.90 Å². The van der Waals surface area contributed by atoms with Crippen LogP contribution in [0.1, 0.15) is 19.8 Å². The molecule has 3 N–H and O–H groups in total. The summed E-state index contributed by atoms with van der Waals surface area (Å²) in [5, 5.41) is 26.7. The van der Waals surface area contributed by atoms with E-state index in [1.54, 1.807) is 0 Å². The van der Waals surface area contributed by atoms with Gasteiger partial charge < -0.3 is 20.2 Å². The minimum absolute atomic E-state index is 0.134. The molecule has 0 saturated heterocycles. The highest BCUT2D eigenvalue weighted by molar-refractivity contribution is 4.61. The van der Waals surface area contributed by atoms with Crippen molar-refractivity contribution in [3.63, 3.8) is 0 Å². The smallest absolute Gasteiger partial charge is 0.0558 e. The molecule has 0 heterocycles. The highest BCUT2D eigenvalue weighted by atomic mass is 16.3. The molecular weight excluding hydrogens is 220 g/mol. The van der Waals surface area contributed by atoms with Crippen LogP contribution < -0.4 is 0 Å². The van der Waals surface area contributed by atoms with Crippen LogP contribution in [-0.2, 0) is 0 Å². The van der Waals surface area contributed by atoms with Crippen molar-refractivity contribution in [1.82, 2.24) is 9.80 Å². The van der Waals surface area contributed by atoms with Crippen LogP contribution in [-0.4, -0.2) is 84.2 Å². The van der Waals surface area contributed by atoms with Gasteiger partial charge in [0.25, 0.3) is 0 Å². The Labute approximate surface area is 105 Å². The van der Waals surface area contributed by atoms with E-state index in [0.29, 0.717) is 13.1 Å². The van der Waals surface area contributed by atoms with Crippen LogP contribution in [0.3, 0.4) is 0 Å². The Bertz CT molecular complexity index is 131. The van der Waals surface area contributed by atoms with Crippen LogP contribution in [0, 0.1) is 0 Å². The Morgan fingerprint density at radius 1 is 0.647 bits per heavy atom. The van der Waals surface area contributed by atoms with E-state index in [9.17, 15) is 0 Å². The number of hydrogen-bond acceptors (Lipinski definition) is 5. The molecule has 5 nitrogen and oxygen atoms in total. The third-order valence-corrected chi connectivity index (χ3v) is 2.74. The lowest BCUT2D eigenvalue weighted by atomic mass is 10.3. The average Bonchev–Trinajstić information content (AvgIpc) is 2.30. The molecule has 0 spiro atoms. The van der Waals surface area contributed by atoms with E-state index in [4.69, 9.17) is 15.3 Å². The Kier molecular flexibility index (Phi) is 12.1. The van der Waals surface area contributed by atoms with Gasteiger partial charge in [0.2, 0.25) is 0 Å². The van der Waals surface area contributed by atoms with Crippen molar-refractivity contribution in [2.75, 3.05) is 59.1 Å². The van der Waals surface area contributed by atoms with Crippen LogP contribution >= 0.6 is 0 Å². The number of nitrogens with zero attached hydrogens (tertiary/aromatic N) is 2. The van der Waals surface area contributed by atoms with Gasteiger partial charge in [-0.1, -0.05) is 6.92 Å². The fourth-order valence-corrected chi connectivity index (χ4v) is 1.93. The third kappa shape index (κ3) is 9.50. The van der Waals surface area contributed by atoms with Gasteiger partial charge in [-0.15, -0.1) is 0 Å². The van der Waals surface area contributed by atoms with Crippen molar-refractivity contribution in [2.45, 2.75) is 19.8 Å². The molecule has 0 bridgehead atoms. The van der Waals surface area contributed by atoms with E-state index in [1.807, 2.05) is 0 Å². The number of aliphatic hydroxyl groups excluding tert-OH is 3. The third-order valence-electron chi connectivity index (χ3n) is 2.74. The zero-order chi connectivity index (χ0) is 12.9. The lowest BCUT2D eigenvalue weighted by molar-refractivity contribution is 0.148. The summed E-state index contributed by atoms with van der Waals surface area (Å²) < 4.78 is 0. The molecule has 17 heavy (non-hydrogen) atoms. The molecule has 0 aliphatic rings. The molecule has 104 valence electrons. The first kappa shape index (κ1) is 16.8. The monoisotopic (exact) mass is 248 g/mol. The summed E-state index contributed by atoms with van der Waals surface area (Å²) in [7, 11) is 0. The van der Waals surface area contributed by atoms with E-state index in [-0.39, 0.29) is 19.8 Å². The number of hydrogen-bond donors (Lipinski definition) is 3. The van der Waals surface area contributed by atoms with E-state index in [0.717, 1.165) is 39.0 Å². The Hall–Kier alpha value is -0.200. The quantitative estimate of drug-likeness (QED) is 0.429. The summed E-state index contributed by atoms with van der Waals surface area (Å²) in [6.45, 7) is 7.43. The van der Waals surface area contributed by atoms with Crippen LogP contribution in [0.15, 0.2) is 0 Å². The van der Waals surface area contributed by atoms with Gasteiger partial charge in [0.05, 0.1) is 19.8 Å². The molecule has 0 aliphatic carbocycles. The largest absolute Gasteiger partial charge is 0.395 e. The van der Waals surface area contributed by atoms with Crippen LogP contribution in [0.4, 0.5) is 0 Å². The molecule has 0 saturated carbocycles. The summed E-state index contributed by atoms with van der Waals surface area (Å²) >= 11 is 0. The predicted octanol–water partition coefficient (Wildman–Crippen LogP) is -0.633. The van der Waals surface area contributed by atoms with Crippen LogP contribution in [0.5, 0.6) is 0 Å². The minimum atomic E-state index is 0.134. The summed E-state index contributed by atoms with van der Waals surface area (Å²) in [5.74, 6) is 0. The maximum Gasteiger partial charge on any atom is 0.0558 e. The first-order valence-corrected chi connectivity index (χ1v) is 6.55. The highest BCUT2D eigenvalue weighted by Gasteiger charge is 2.06. The van der Waals surface area contributed by atoms with Gasteiger partial charge in [-0.2, -0.15) is 0 Å². The molecule has 0 aromatic heterocycles. The average molecular weight is 248 g/mol. The summed E-state index contributed by atoms with van der Waals surface area (Å²) in [4.78, 5) is 4.30. The molecule has 0 aromatic rings. The molecule has 5 heteroatoms. The first-order valence-electron chi connectivity index (χ1n) is 6.55. The minimum Gasteiger partial charge on any atom is -0.395 e. The molecule has 0 aromatic carbocycles. The maximum atomic E-state index is 8.92. The van der Waals surface area contributed by atoms with Gasteiger partial charge in [0.15, 0.2) is 0 Å². The van der Waals surface area contributed by atoms with Crippen molar-refractivity contribution >= 4 is 0 Å². The Morgan fingerprint density at radius 3 is 1.41 bits per heavy atom. The normalized spacial score (nSPS) is 11.6. The standard InChI is InChI=1S/C12H28N2O3/c1-2-4-13(7-10-15)5-3-6-14(8-11-16)9-12-17/h15-17H,2-12H2,1H3. The van der Waals surface area contributed by atoms with Crippen LogP contribution in [0.2, 0.25) is 0 Å². The maximum absolute atomic E-state index is 8.92. The zero-order valence-electron chi connectivity index (χ0n) is 11.0. The van der Waals surface area contributed by atoms with Crippen molar-refractivity contribution in [3.05, 3.63) is 0 Å². The van der Waals surface area contributed by atoms with Gasteiger partial charge in [0, 0.05) is 19.6 Å². The van der Waals surface area contributed by atoms with Crippen molar-refractivity contribution in [1.29, 1.82) is 0 Å². The highest BCUT2D eigenvalue weighted by Crippen LogP contribution is 1.97. The summed E-state index contributed by atoms with van der Waals surface area (Å²) in [6, 6.07) is 0. The molecule has 0 rings (SSSR count). The molecule has 0 fully saturated rings.